The van der Waals surface area contributed by atoms with Crippen LogP contribution in [0.5, 0.6) is 0 Å². The van der Waals surface area contributed by atoms with Crippen LogP contribution in [0.2, 0.25) is 0 Å². The lowest BCUT2D eigenvalue weighted by Crippen LogP contribution is -2.39. The van der Waals surface area contributed by atoms with Crippen LogP contribution in [-0.4, -0.2) is 34.7 Å². The van der Waals surface area contributed by atoms with Crippen LogP contribution in [-0.2, 0) is 25.7 Å². The number of hydrogen-bond acceptors (Lipinski definition) is 6. The monoisotopic (exact) mass is 372 g/mol. The topological polar surface area (TPSA) is 107 Å². The smallest absolute Gasteiger partial charge is 0.310 e. The Morgan fingerprint density at radius 1 is 1.26 bits per heavy atom. The molecule has 8 heteroatoms. The minimum absolute atomic E-state index is 0.0456. The normalized spacial score (nSPS) is 26.9. The van der Waals surface area contributed by atoms with Gasteiger partial charge in [-0.2, -0.15) is 0 Å². The number of allylic oxidation sites excluding steroid dienone is 1. The summed E-state index contributed by atoms with van der Waals surface area (Å²) in [5, 5.41) is 11.0. The predicted molar refractivity (Wildman–Crippen MR) is 94.2 cm³/mol. The highest BCUT2D eigenvalue weighted by Gasteiger charge is 2.53. The Morgan fingerprint density at radius 2 is 1.96 bits per heavy atom. The third-order valence-corrected chi connectivity index (χ3v) is 5.45. The van der Waals surface area contributed by atoms with Crippen molar-refractivity contribution in [2.45, 2.75) is 20.5 Å². The van der Waals surface area contributed by atoms with E-state index >= 15 is 0 Å². The van der Waals surface area contributed by atoms with Crippen molar-refractivity contribution in [3.05, 3.63) is 51.6 Å². The molecule has 0 saturated carbocycles. The van der Waals surface area contributed by atoms with Gasteiger partial charge in [0.1, 0.15) is 6.61 Å². The number of likely N-dealkylation sites (tertiary alicyclic amines) is 1. The lowest BCUT2D eigenvalue weighted by atomic mass is 9.72. The second-order valence-corrected chi connectivity index (χ2v) is 6.98. The summed E-state index contributed by atoms with van der Waals surface area (Å²) in [6, 6.07) is 4.57. The second-order valence-electron chi connectivity index (χ2n) is 6.98. The molecule has 1 aliphatic carbocycles. The summed E-state index contributed by atoms with van der Waals surface area (Å²) in [6.45, 7) is 3.26. The fourth-order valence-electron chi connectivity index (χ4n) is 3.81. The zero-order valence-electron chi connectivity index (χ0n) is 15.2. The zero-order valence-corrected chi connectivity index (χ0v) is 15.2. The van der Waals surface area contributed by atoms with Gasteiger partial charge in [-0.25, -0.2) is 0 Å². The summed E-state index contributed by atoms with van der Waals surface area (Å²) in [4.78, 5) is 49.0. The first-order valence-corrected chi connectivity index (χ1v) is 8.63. The van der Waals surface area contributed by atoms with Gasteiger partial charge in [0, 0.05) is 18.7 Å². The predicted octanol–water partition coefficient (Wildman–Crippen LogP) is 2.00. The first-order valence-electron chi connectivity index (χ1n) is 8.63. The number of ether oxygens (including phenoxy) is 1. The van der Waals surface area contributed by atoms with E-state index in [-0.39, 0.29) is 30.0 Å². The minimum Gasteiger partial charge on any atom is -0.461 e. The number of benzene rings is 1. The summed E-state index contributed by atoms with van der Waals surface area (Å²) in [5.74, 6) is -3.70. The fraction of sp³-hybridized carbons (Fsp3) is 0.421. The molecule has 1 aromatic rings. The average molecular weight is 372 g/mol. The molecule has 1 heterocycles. The number of carbonyl (C=O) groups excluding carboxylic acids is 3. The third kappa shape index (κ3) is 3.11. The van der Waals surface area contributed by atoms with E-state index in [1.807, 2.05) is 0 Å². The van der Waals surface area contributed by atoms with Crippen molar-refractivity contribution in [2.75, 3.05) is 7.05 Å². The van der Waals surface area contributed by atoms with Gasteiger partial charge in [-0.15, -0.1) is 0 Å². The Morgan fingerprint density at radius 3 is 2.63 bits per heavy atom. The quantitative estimate of drug-likeness (QED) is 0.263. The summed E-state index contributed by atoms with van der Waals surface area (Å²) in [5.41, 5.74) is 0.909. The SMILES string of the molecule is Cc1c(COC(=O)[C@H]2[C@@H]3C(=O)N(C)C(=O)[C@H]3C=C[C@H]2C)cccc1[N+](=O)[O-]. The van der Waals surface area contributed by atoms with Crippen LogP contribution in [0.15, 0.2) is 30.4 Å². The van der Waals surface area contributed by atoms with E-state index in [4.69, 9.17) is 4.74 Å². The Bertz CT molecular complexity index is 862. The molecule has 2 aliphatic rings. The molecule has 1 fully saturated rings. The van der Waals surface area contributed by atoms with E-state index < -0.39 is 28.6 Å². The Hall–Kier alpha value is -3.03. The summed E-state index contributed by atoms with van der Waals surface area (Å²) >= 11 is 0. The van der Waals surface area contributed by atoms with Gasteiger partial charge < -0.3 is 4.74 Å². The fourth-order valence-corrected chi connectivity index (χ4v) is 3.81. The first-order chi connectivity index (χ1) is 12.7. The van der Waals surface area contributed by atoms with Crippen molar-refractivity contribution < 1.29 is 24.0 Å². The van der Waals surface area contributed by atoms with Crippen molar-refractivity contribution in [1.29, 1.82) is 0 Å². The number of carbonyl (C=O) groups is 3. The van der Waals surface area contributed by atoms with E-state index in [0.717, 1.165) is 4.90 Å². The van der Waals surface area contributed by atoms with Crippen LogP contribution >= 0.6 is 0 Å². The summed E-state index contributed by atoms with van der Waals surface area (Å²) in [6.07, 6.45) is 3.45. The molecule has 142 valence electrons. The van der Waals surface area contributed by atoms with E-state index in [1.54, 1.807) is 32.1 Å². The Kier molecular flexibility index (Phi) is 4.82. The molecule has 0 unspecified atom stereocenters. The summed E-state index contributed by atoms with van der Waals surface area (Å²) in [7, 11) is 1.41. The molecule has 0 radical (unpaired) electrons. The highest BCUT2D eigenvalue weighted by molar-refractivity contribution is 6.07. The van der Waals surface area contributed by atoms with Gasteiger partial charge in [-0.1, -0.05) is 31.2 Å². The van der Waals surface area contributed by atoms with Crippen LogP contribution in [0.1, 0.15) is 18.1 Å². The summed E-state index contributed by atoms with van der Waals surface area (Å²) < 4.78 is 5.40. The highest BCUT2D eigenvalue weighted by atomic mass is 16.6. The number of hydrogen-bond donors (Lipinski definition) is 0. The van der Waals surface area contributed by atoms with Gasteiger partial charge >= 0.3 is 5.97 Å². The number of nitro groups is 1. The molecule has 1 aliphatic heterocycles. The molecule has 1 aromatic carbocycles. The molecular formula is C19H20N2O6. The largest absolute Gasteiger partial charge is 0.461 e. The number of imide groups is 1. The van der Waals surface area contributed by atoms with Crippen LogP contribution in [0.25, 0.3) is 0 Å². The number of esters is 1. The van der Waals surface area contributed by atoms with Gasteiger partial charge in [-0.05, 0) is 18.4 Å². The molecule has 0 bridgehead atoms. The average Bonchev–Trinajstić information content (AvgIpc) is 2.84. The van der Waals surface area contributed by atoms with Crippen molar-refractivity contribution in [2.24, 2.45) is 23.7 Å². The Labute approximate surface area is 155 Å². The third-order valence-electron chi connectivity index (χ3n) is 5.45. The number of fused-ring (bicyclic) bond motifs is 1. The molecule has 3 rings (SSSR count). The van der Waals surface area contributed by atoms with Crippen LogP contribution in [0.4, 0.5) is 5.69 Å². The van der Waals surface area contributed by atoms with E-state index in [2.05, 4.69) is 0 Å². The molecule has 27 heavy (non-hydrogen) atoms. The van der Waals surface area contributed by atoms with Crippen molar-refractivity contribution in [1.82, 2.24) is 4.90 Å². The molecule has 2 amide bonds. The molecule has 4 atom stereocenters. The number of amides is 2. The molecule has 0 aromatic heterocycles. The number of nitro benzene ring substituents is 1. The van der Waals surface area contributed by atoms with Crippen molar-refractivity contribution in [3.63, 3.8) is 0 Å². The maximum Gasteiger partial charge on any atom is 0.310 e. The van der Waals surface area contributed by atoms with Gasteiger partial charge in [0.25, 0.3) is 5.69 Å². The van der Waals surface area contributed by atoms with Crippen LogP contribution in [0, 0.1) is 40.7 Å². The van der Waals surface area contributed by atoms with E-state index in [9.17, 15) is 24.5 Å². The minimum atomic E-state index is -0.764. The van der Waals surface area contributed by atoms with Gasteiger partial charge in [-0.3, -0.25) is 29.4 Å². The highest BCUT2D eigenvalue weighted by Crippen LogP contribution is 2.41. The molecule has 8 nitrogen and oxygen atoms in total. The van der Waals surface area contributed by atoms with Gasteiger partial charge in [0.05, 0.1) is 22.7 Å². The first kappa shape index (κ1) is 18.8. The number of rotatable bonds is 4. The van der Waals surface area contributed by atoms with Gasteiger partial charge in [0.15, 0.2) is 0 Å². The van der Waals surface area contributed by atoms with Crippen LogP contribution in [0.3, 0.4) is 0 Å². The van der Waals surface area contributed by atoms with Crippen LogP contribution < -0.4 is 0 Å². The maximum atomic E-state index is 12.7. The molecular weight excluding hydrogens is 352 g/mol. The molecule has 1 saturated heterocycles. The van der Waals surface area contributed by atoms with E-state index in [1.165, 1.54) is 19.2 Å². The van der Waals surface area contributed by atoms with Crippen molar-refractivity contribution >= 4 is 23.5 Å². The lowest BCUT2D eigenvalue weighted by molar-refractivity contribution is -0.385. The Balaban J connectivity index is 1.79. The number of nitrogens with zero attached hydrogens (tertiary/aromatic N) is 2. The maximum absolute atomic E-state index is 12.7. The van der Waals surface area contributed by atoms with Gasteiger partial charge in [0.2, 0.25) is 11.8 Å². The van der Waals surface area contributed by atoms with Crippen molar-refractivity contribution in [3.8, 4) is 0 Å². The lowest BCUT2D eigenvalue weighted by Gasteiger charge is -2.30. The standard InChI is InChI=1S/C19H20N2O6/c1-10-7-8-13-16(18(23)20(3)17(13)22)15(10)19(24)27-9-12-5-4-6-14(11(12)2)21(25)26/h4-8,10,13,15-16H,9H2,1-3H3/t10-,13+,15-,16-/m1/s1. The zero-order chi connectivity index (χ0) is 19.9. The molecule has 0 N–H and O–H groups in total. The van der Waals surface area contributed by atoms with E-state index in [0.29, 0.717) is 11.1 Å². The second kappa shape index (κ2) is 6.94. The molecule has 0 spiro atoms.